The zero-order valence-electron chi connectivity index (χ0n) is 15.3. The number of benzene rings is 1. The predicted molar refractivity (Wildman–Crippen MR) is 100 cm³/mol. The van der Waals surface area contributed by atoms with Crippen LogP contribution in [0, 0.1) is 11.8 Å². The monoisotopic (exact) mass is 394 g/mol. The third kappa shape index (κ3) is 4.87. The van der Waals surface area contributed by atoms with Crippen molar-refractivity contribution < 1.29 is 23.1 Å². The molecular weight excluding hydrogens is 368 g/mol. The third-order valence-electron chi connectivity index (χ3n) is 5.56. The number of nitrogens with zero attached hydrogens (tertiary/aromatic N) is 2. The molecule has 1 aromatic rings. The standard InChI is InChI=1S/C19H26N2O5S/c22-18(16-6-8-17(9-7-16)19(23)24)20-10-12-21(13-11-20)27(25,26)14-15-4-2-1-3-5-15/h1-5,16-17H,6-14H2,(H,23,24). The highest BCUT2D eigenvalue weighted by molar-refractivity contribution is 7.88. The summed E-state index contributed by atoms with van der Waals surface area (Å²) in [6, 6.07) is 9.08. The summed E-state index contributed by atoms with van der Waals surface area (Å²) < 4.78 is 26.7. The minimum Gasteiger partial charge on any atom is -0.481 e. The summed E-state index contributed by atoms with van der Waals surface area (Å²) in [6.07, 6.45) is 2.28. The number of hydrogen-bond acceptors (Lipinski definition) is 4. The molecule has 2 fully saturated rings. The molecule has 0 atom stereocenters. The summed E-state index contributed by atoms with van der Waals surface area (Å²) in [5, 5.41) is 9.07. The molecule has 1 N–H and O–H groups in total. The van der Waals surface area contributed by atoms with Gasteiger partial charge < -0.3 is 10.0 Å². The molecule has 148 valence electrons. The minimum absolute atomic E-state index is 0.0268. The number of piperazine rings is 1. The quantitative estimate of drug-likeness (QED) is 0.818. The number of aliphatic carboxylic acids is 1. The van der Waals surface area contributed by atoms with Gasteiger partial charge in [-0.15, -0.1) is 0 Å². The van der Waals surface area contributed by atoms with Crippen molar-refractivity contribution in [3.8, 4) is 0 Å². The SMILES string of the molecule is O=C(O)C1CCC(C(=O)N2CCN(S(=O)(=O)Cc3ccccc3)CC2)CC1. The van der Waals surface area contributed by atoms with E-state index < -0.39 is 16.0 Å². The molecule has 1 heterocycles. The van der Waals surface area contributed by atoms with Gasteiger partial charge in [0, 0.05) is 32.1 Å². The maximum absolute atomic E-state index is 12.7. The van der Waals surface area contributed by atoms with Crippen molar-refractivity contribution in [1.82, 2.24) is 9.21 Å². The van der Waals surface area contributed by atoms with Crippen LogP contribution in [-0.4, -0.2) is 60.8 Å². The van der Waals surface area contributed by atoms with E-state index in [4.69, 9.17) is 5.11 Å². The fourth-order valence-corrected chi connectivity index (χ4v) is 5.42. The second-order valence-electron chi connectivity index (χ2n) is 7.35. The Labute approximate surface area is 160 Å². The molecule has 0 bridgehead atoms. The fraction of sp³-hybridized carbons (Fsp3) is 0.579. The van der Waals surface area contributed by atoms with Gasteiger partial charge in [0.15, 0.2) is 0 Å². The second-order valence-corrected chi connectivity index (χ2v) is 9.32. The smallest absolute Gasteiger partial charge is 0.306 e. The highest BCUT2D eigenvalue weighted by Gasteiger charge is 2.34. The van der Waals surface area contributed by atoms with E-state index in [1.54, 1.807) is 17.0 Å². The van der Waals surface area contributed by atoms with Gasteiger partial charge in [-0.05, 0) is 31.2 Å². The maximum Gasteiger partial charge on any atom is 0.306 e. The van der Waals surface area contributed by atoms with Crippen molar-refractivity contribution in [2.24, 2.45) is 11.8 Å². The topological polar surface area (TPSA) is 95.0 Å². The van der Waals surface area contributed by atoms with Gasteiger partial charge >= 0.3 is 5.97 Å². The Morgan fingerprint density at radius 2 is 1.48 bits per heavy atom. The van der Waals surface area contributed by atoms with Crippen LogP contribution in [0.3, 0.4) is 0 Å². The lowest BCUT2D eigenvalue weighted by Crippen LogP contribution is -2.52. The van der Waals surface area contributed by atoms with Crippen LogP contribution < -0.4 is 0 Å². The van der Waals surface area contributed by atoms with Crippen LogP contribution >= 0.6 is 0 Å². The van der Waals surface area contributed by atoms with Crippen molar-refractivity contribution >= 4 is 21.9 Å². The van der Waals surface area contributed by atoms with Crippen molar-refractivity contribution in [3.63, 3.8) is 0 Å². The number of carboxylic acid groups (broad SMARTS) is 1. The van der Waals surface area contributed by atoms with Gasteiger partial charge in [-0.3, -0.25) is 9.59 Å². The van der Waals surface area contributed by atoms with Gasteiger partial charge in [-0.2, -0.15) is 4.31 Å². The van der Waals surface area contributed by atoms with Crippen LogP contribution in [0.5, 0.6) is 0 Å². The maximum atomic E-state index is 12.7. The van der Waals surface area contributed by atoms with Gasteiger partial charge in [0.25, 0.3) is 0 Å². The Hall–Kier alpha value is -1.93. The van der Waals surface area contributed by atoms with E-state index in [0.29, 0.717) is 51.9 Å². The first-order valence-corrected chi connectivity index (χ1v) is 11.0. The molecule has 7 nitrogen and oxygen atoms in total. The number of amides is 1. The van der Waals surface area contributed by atoms with Crippen LogP contribution in [0.15, 0.2) is 30.3 Å². The Morgan fingerprint density at radius 1 is 0.926 bits per heavy atom. The number of carbonyl (C=O) groups excluding carboxylic acids is 1. The van der Waals surface area contributed by atoms with Gasteiger partial charge in [0.2, 0.25) is 15.9 Å². The summed E-state index contributed by atoms with van der Waals surface area (Å²) >= 11 is 0. The van der Waals surface area contributed by atoms with E-state index >= 15 is 0 Å². The zero-order valence-corrected chi connectivity index (χ0v) is 16.1. The van der Waals surface area contributed by atoms with E-state index in [9.17, 15) is 18.0 Å². The molecule has 1 saturated carbocycles. The van der Waals surface area contributed by atoms with Crippen molar-refractivity contribution in [2.45, 2.75) is 31.4 Å². The van der Waals surface area contributed by atoms with E-state index in [1.165, 1.54) is 4.31 Å². The molecule has 0 radical (unpaired) electrons. The van der Waals surface area contributed by atoms with E-state index in [0.717, 1.165) is 5.56 Å². The van der Waals surface area contributed by atoms with Gasteiger partial charge in [-0.25, -0.2) is 8.42 Å². The summed E-state index contributed by atoms with van der Waals surface area (Å²) in [5.41, 5.74) is 0.756. The molecule has 2 aliphatic rings. The third-order valence-corrected chi connectivity index (χ3v) is 7.41. The molecule has 0 aromatic heterocycles. The average molecular weight is 394 g/mol. The molecule has 3 rings (SSSR count). The second kappa shape index (κ2) is 8.39. The number of carbonyl (C=O) groups is 2. The van der Waals surface area contributed by atoms with Crippen molar-refractivity contribution in [3.05, 3.63) is 35.9 Å². The van der Waals surface area contributed by atoms with Crippen LogP contribution in [0.25, 0.3) is 0 Å². The number of rotatable bonds is 5. The number of hydrogen-bond donors (Lipinski definition) is 1. The summed E-state index contributed by atoms with van der Waals surface area (Å²) in [4.78, 5) is 25.5. The van der Waals surface area contributed by atoms with Crippen LogP contribution in [0.2, 0.25) is 0 Å². The molecule has 1 aromatic carbocycles. The van der Waals surface area contributed by atoms with Gasteiger partial charge in [-0.1, -0.05) is 30.3 Å². The summed E-state index contributed by atoms with van der Waals surface area (Å²) in [6.45, 7) is 1.41. The lowest BCUT2D eigenvalue weighted by atomic mass is 9.81. The zero-order chi connectivity index (χ0) is 19.4. The first-order chi connectivity index (χ1) is 12.9. The normalized spacial score (nSPS) is 24.5. The molecule has 0 spiro atoms. The molecule has 1 amide bonds. The number of carboxylic acids is 1. The average Bonchev–Trinajstić information content (AvgIpc) is 2.68. The van der Waals surface area contributed by atoms with Gasteiger partial charge in [0.05, 0.1) is 11.7 Å². The summed E-state index contributed by atoms with van der Waals surface area (Å²) in [7, 11) is -3.40. The van der Waals surface area contributed by atoms with Crippen molar-refractivity contribution in [2.75, 3.05) is 26.2 Å². The highest BCUT2D eigenvalue weighted by atomic mass is 32.2. The number of sulfonamides is 1. The Bertz CT molecular complexity index is 765. The Morgan fingerprint density at radius 3 is 2.04 bits per heavy atom. The van der Waals surface area contributed by atoms with Crippen molar-refractivity contribution in [1.29, 1.82) is 0 Å². The predicted octanol–water partition coefficient (Wildman–Crippen LogP) is 1.55. The minimum atomic E-state index is -3.40. The first-order valence-electron chi connectivity index (χ1n) is 9.40. The lowest BCUT2D eigenvalue weighted by Gasteiger charge is -2.37. The molecular formula is C19H26N2O5S. The van der Waals surface area contributed by atoms with E-state index in [-0.39, 0.29) is 23.5 Å². The lowest BCUT2D eigenvalue weighted by molar-refractivity contribution is -0.146. The molecule has 0 unspecified atom stereocenters. The molecule has 1 saturated heterocycles. The van der Waals surface area contributed by atoms with E-state index in [1.807, 2.05) is 18.2 Å². The molecule has 1 aliphatic carbocycles. The molecule has 8 heteroatoms. The van der Waals surface area contributed by atoms with Gasteiger partial charge in [0.1, 0.15) is 0 Å². The molecule has 1 aliphatic heterocycles. The first kappa shape index (κ1) is 19.8. The van der Waals surface area contributed by atoms with Crippen LogP contribution in [0.4, 0.5) is 0 Å². The summed E-state index contributed by atoms with van der Waals surface area (Å²) in [5.74, 6) is -1.24. The van der Waals surface area contributed by atoms with Crippen LogP contribution in [-0.2, 0) is 25.4 Å². The highest BCUT2D eigenvalue weighted by Crippen LogP contribution is 2.30. The largest absolute Gasteiger partial charge is 0.481 e. The van der Waals surface area contributed by atoms with Crippen LogP contribution in [0.1, 0.15) is 31.2 Å². The fourth-order valence-electron chi connectivity index (χ4n) is 3.91. The molecule has 27 heavy (non-hydrogen) atoms. The Balaban J connectivity index is 1.51. The van der Waals surface area contributed by atoms with E-state index in [2.05, 4.69) is 0 Å². The Kier molecular flexibility index (Phi) is 6.16.